The average Bonchev–Trinajstić information content (AvgIpc) is 2.61. The van der Waals surface area contributed by atoms with Crippen LogP contribution in [-0.2, 0) is 4.79 Å². The number of nitrogens with zero attached hydrogens (tertiary/aromatic N) is 4. The van der Waals surface area contributed by atoms with Crippen LogP contribution in [0.25, 0.3) is 0 Å². The Morgan fingerprint density at radius 3 is 2.27 bits per heavy atom. The van der Waals surface area contributed by atoms with Gasteiger partial charge in [0.05, 0.1) is 0 Å². The molecule has 2 heterocycles. The second-order valence-electron chi connectivity index (χ2n) is 5.87. The van der Waals surface area contributed by atoms with Gasteiger partial charge in [-0.1, -0.05) is 23.2 Å². The van der Waals surface area contributed by atoms with Gasteiger partial charge in [-0.25, -0.2) is 9.97 Å². The molecule has 26 heavy (non-hydrogen) atoms. The van der Waals surface area contributed by atoms with Crippen molar-refractivity contribution in [3.63, 3.8) is 0 Å². The lowest BCUT2D eigenvalue weighted by Crippen LogP contribution is -2.48. The molecule has 1 aliphatic heterocycles. The summed E-state index contributed by atoms with van der Waals surface area (Å²) < 4.78 is 0. The summed E-state index contributed by atoms with van der Waals surface area (Å²) in [6, 6.07) is 6.43. The summed E-state index contributed by atoms with van der Waals surface area (Å²) in [5.41, 5.74) is 0.725. The predicted octanol–water partition coefficient (Wildman–Crippen LogP) is 2.70. The summed E-state index contributed by atoms with van der Waals surface area (Å²) >= 11 is 11.9. The molecule has 9 heteroatoms. The molecule has 0 saturated carbocycles. The van der Waals surface area contributed by atoms with Gasteiger partial charge in [0.15, 0.2) is 0 Å². The largest absolute Gasteiger partial charge is 0.353 e. The molecule has 0 bridgehead atoms. The summed E-state index contributed by atoms with van der Waals surface area (Å²) in [7, 11) is 0. The Kier molecular flexibility index (Phi) is 5.58. The van der Waals surface area contributed by atoms with Crippen LogP contribution in [-0.4, -0.2) is 52.9 Å². The Balaban J connectivity index is 1.71. The second-order valence-corrected chi connectivity index (χ2v) is 6.74. The average molecular weight is 394 g/mol. The van der Waals surface area contributed by atoms with Crippen LogP contribution >= 0.6 is 23.2 Å². The van der Waals surface area contributed by atoms with E-state index in [9.17, 15) is 9.59 Å². The molecule has 1 N–H and O–H groups in total. The Bertz CT molecular complexity index is 817. The molecule has 0 unspecified atom stereocenters. The lowest BCUT2D eigenvalue weighted by molar-refractivity contribution is -0.129. The zero-order chi connectivity index (χ0) is 18.7. The molecule has 1 aliphatic rings. The maximum absolute atomic E-state index is 12.5. The van der Waals surface area contributed by atoms with Crippen molar-refractivity contribution in [1.82, 2.24) is 14.9 Å². The first-order valence-electron chi connectivity index (χ1n) is 8.02. The smallest absolute Gasteiger partial charge is 0.274 e. The molecule has 7 nitrogen and oxygen atoms in total. The van der Waals surface area contributed by atoms with E-state index in [0.717, 1.165) is 0 Å². The third-order valence-electron chi connectivity index (χ3n) is 4.05. The number of benzene rings is 1. The Morgan fingerprint density at radius 1 is 1.00 bits per heavy atom. The standard InChI is InChI=1S/C17H17Cl2N5O2/c1-11(25)23-2-4-24(5-3-23)16-9-15(20-10-21-16)17(26)22-14-7-12(18)6-13(19)8-14/h6-10H,2-5H2,1H3,(H,22,26). The van der Waals surface area contributed by atoms with Crippen LogP contribution in [0.15, 0.2) is 30.6 Å². The molecule has 2 aromatic rings. The number of amides is 2. The first-order chi connectivity index (χ1) is 12.4. The van der Waals surface area contributed by atoms with E-state index in [4.69, 9.17) is 23.2 Å². The molecular formula is C17H17Cl2N5O2. The molecule has 0 atom stereocenters. The van der Waals surface area contributed by atoms with E-state index in [1.54, 1.807) is 36.1 Å². The van der Waals surface area contributed by atoms with E-state index in [-0.39, 0.29) is 17.5 Å². The van der Waals surface area contributed by atoms with E-state index in [1.807, 2.05) is 4.90 Å². The zero-order valence-electron chi connectivity index (χ0n) is 14.1. The summed E-state index contributed by atoms with van der Waals surface area (Å²) in [6.07, 6.45) is 1.35. The highest BCUT2D eigenvalue weighted by Crippen LogP contribution is 2.23. The molecule has 1 aromatic heterocycles. The van der Waals surface area contributed by atoms with Gasteiger partial charge in [-0.3, -0.25) is 9.59 Å². The van der Waals surface area contributed by atoms with Crippen molar-refractivity contribution >= 4 is 46.5 Å². The third-order valence-corrected chi connectivity index (χ3v) is 4.49. The Morgan fingerprint density at radius 2 is 1.65 bits per heavy atom. The van der Waals surface area contributed by atoms with Crippen molar-refractivity contribution in [2.24, 2.45) is 0 Å². The molecule has 0 radical (unpaired) electrons. The van der Waals surface area contributed by atoms with E-state index >= 15 is 0 Å². The van der Waals surface area contributed by atoms with Gasteiger partial charge in [0.25, 0.3) is 5.91 Å². The van der Waals surface area contributed by atoms with E-state index < -0.39 is 0 Å². The first-order valence-corrected chi connectivity index (χ1v) is 8.78. The molecular weight excluding hydrogens is 377 g/mol. The highest BCUT2D eigenvalue weighted by atomic mass is 35.5. The molecule has 0 aliphatic carbocycles. The molecule has 136 valence electrons. The predicted molar refractivity (Wildman–Crippen MR) is 101 cm³/mol. The van der Waals surface area contributed by atoms with Gasteiger partial charge in [-0.2, -0.15) is 0 Å². The van der Waals surface area contributed by atoms with Crippen molar-refractivity contribution in [1.29, 1.82) is 0 Å². The van der Waals surface area contributed by atoms with Crippen molar-refractivity contribution < 1.29 is 9.59 Å². The van der Waals surface area contributed by atoms with Gasteiger partial charge in [-0.15, -0.1) is 0 Å². The number of rotatable bonds is 3. The van der Waals surface area contributed by atoms with Gasteiger partial charge in [0.1, 0.15) is 17.8 Å². The van der Waals surface area contributed by atoms with Gasteiger partial charge in [-0.05, 0) is 18.2 Å². The van der Waals surface area contributed by atoms with E-state index in [0.29, 0.717) is 47.7 Å². The third kappa shape index (κ3) is 4.42. The maximum Gasteiger partial charge on any atom is 0.274 e. The summed E-state index contributed by atoms with van der Waals surface area (Å²) in [5, 5.41) is 3.58. The van der Waals surface area contributed by atoms with Crippen LogP contribution in [0, 0.1) is 0 Å². The fraction of sp³-hybridized carbons (Fsp3) is 0.294. The number of hydrogen-bond acceptors (Lipinski definition) is 5. The number of carbonyl (C=O) groups excluding carboxylic acids is 2. The minimum Gasteiger partial charge on any atom is -0.353 e. The van der Waals surface area contributed by atoms with Crippen molar-refractivity contribution in [3.05, 3.63) is 46.3 Å². The van der Waals surface area contributed by atoms with E-state index in [2.05, 4.69) is 15.3 Å². The number of piperazine rings is 1. The maximum atomic E-state index is 12.5. The Hall–Kier alpha value is -2.38. The van der Waals surface area contributed by atoms with Crippen molar-refractivity contribution in [3.8, 4) is 0 Å². The van der Waals surface area contributed by atoms with Gasteiger partial charge in [0.2, 0.25) is 5.91 Å². The number of carbonyl (C=O) groups is 2. The van der Waals surface area contributed by atoms with Crippen LogP contribution in [0.5, 0.6) is 0 Å². The van der Waals surface area contributed by atoms with Crippen molar-refractivity contribution in [2.45, 2.75) is 6.92 Å². The number of halogens is 2. The topological polar surface area (TPSA) is 78.4 Å². The van der Waals surface area contributed by atoms with Crippen LogP contribution in [0.2, 0.25) is 10.0 Å². The zero-order valence-corrected chi connectivity index (χ0v) is 15.6. The van der Waals surface area contributed by atoms with Crippen LogP contribution in [0.1, 0.15) is 17.4 Å². The lowest BCUT2D eigenvalue weighted by Gasteiger charge is -2.34. The van der Waals surface area contributed by atoms with Gasteiger partial charge >= 0.3 is 0 Å². The van der Waals surface area contributed by atoms with E-state index in [1.165, 1.54) is 6.33 Å². The molecule has 0 spiro atoms. The van der Waals surface area contributed by atoms with Crippen LogP contribution in [0.4, 0.5) is 11.5 Å². The highest BCUT2D eigenvalue weighted by Gasteiger charge is 2.20. The fourth-order valence-corrected chi connectivity index (χ4v) is 3.24. The molecule has 1 saturated heterocycles. The normalized spacial score (nSPS) is 14.3. The van der Waals surface area contributed by atoms with Crippen molar-refractivity contribution in [2.75, 3.05) is 36.4 Å². The number of anilines is 2. The number of hydrogen-bond donors (Lipinski definition) is 1. The number of aromatic nitrogens is 2. The SMILES string of the molecule is CC(=O)N1CCN(c2cc(C(=O)Nc3cc(Cl)cc(Cl)c3)ncn2)CC1. The fourth-order valence-electron chi connectivity index (χ4n) is 2.72. The highest BCUT2D eigenvalue weighted by molar-refractivity contribution is 6.35. The summed E-state index contributed by atoms with van der Waals surface area (Å²) in [4.78, 5) is 36.0. The Labute approximate surface area is 160 Å². The summed E-state index contributed by atoms with van der Waals surface area (Å²) in [6.45, 7) is 4.12. The second kappa shape index (κ2) is 7.88. The minimum absolute atomic E-state index is 0.0626. The molecule has 1 fully saturated rings. The molecule has 1 aromatic carbocycles. The van der Waals surface area contributed by atoms with Crippen LogP contribution in [0.3, 0.4) is 0 Å². The molecule has 2 amide bonds. The quantitative estimate of drug-likeness (QED) is 0.866. The van der Waals surface area contributed by atoms with Gasteiger partial charge in [0, 0.05) is 54.9 Å². The van der Waals surface area contributed by atoms with Crippen LogP contribution < -0.4 is 10.2 Å². The monoisotopic (exact) mass is 393 g/mol. The number of nitrogens with one attached hydrogen (secondary N) is 1. The molecule has 3 rings (SSSR count). The minimum atomic E-state index is -0.380. The van der Waals surface area contributed by atoms with Gasteiger partial charge < -0.3 is 15.1 Å². The summed E-state index contributed by atoms with van der Waals surface area (Å²) in [5.74, 6) is 0.333. The lowest BCUT2D eigenvalue weighted by atomic mass is 10.2. The first kappa shape index (κ1) is 18.4.